The summed E-state index contributed by atoms with van der Waals surface area (Å²) in [5, 5.41) is 19.9. The van der Waals surface area contributed by atoms with E-state index in [-0.39, 0.29) is 37.2 Å². The molecule has 0 unspecified atom stereocenters. The van der Waals surface area contributed by atoms with Crippen LogP contribution < -0.4 is 5.32 Å². The Morgan fingerprint density at radius 2 is 2.15 bits per heavy atom. The molecule has 2 atom stereocenters. The third-order valence-corrected chi connectivity index (χ3v) is 5.96. The summed E-state index contributed by atoms with van der Waals surface area (Å²) in [6.07, 6.45) is 2.56. The number of hydrogen-bond donors (Lipinski definition) is 3. The molecule has 2 aromatic rings. The maximum absolute atomic E-state index is 12.5. The van der Waals surface area contributed by atoms with Gasteiger partial charge in [0.15, 0.2) is 5.69 Å². The molecule has 0 spiro atoms. The summed E-state index contributed by atoms with van der Waals surface area (Å²) in [6, 6.07) is 7.34. The Hall–Kier alpha value is -2.90. The zero-order valence-electron chi connectivity index (χ0n) is 14.9. The number of benzene rings is 1. The second-order valence-electron chi connectivity index (χ2n) is 7.45. The van der Waals surface area contributed by atoms with Crippen LogP contribution in [0.4, 0.5) is 0 Å². The number of amides is 2. The number of aliphatic carboxylic acids is 1. The Morgan fingerprint density at radius 3 is 2.93 bits per heavy atom. The summed E-state index contributed by atoms with van der Waals surface area (Å²) in [6.45, 7) is 0.979. The van der Waals surface area contributed by atoms with Gasteiger partial charge in [-0.15, -0.1) is 0 Å². The van der Waals surface area contributed by atoms with E-state index in [2.05, 4.69) is 15.5 Å². The number of aromatic nitrogens is 2. The second kappa shape index (κ2) is 6.68. The first-order valence-electron chi connectivity index (χ1n) is 9.24. The molecular weight excluding hydrogens is 348 g/mol. The summed E-state index contributed by atoms with van der Waals surface area (Å²) < 4.78 is 0. The molecule has 1 aromatic carbocycles. The average Bonchev–Trinajstić information content (AvgIpc) is 3.33. The van der Waals surface area contributed by atoms with Gasteiger partial charge in [0.05, 0.1) is 10.9 Å². The van der Waals surface area contributed by atoms with Crippen molar-refractivity contribution in [2.45, 2.75) is 25.7 Å². The number of para-hydroxylation sites is 1. The van der Waals surface area contributed by atoms with Gasteiger partial charge >= 0.3 is 5.97 Å². The maximum Gasteiger partial charge on any atom is 0.311 e. The largest absolute Gasteiger partial charge is 0.481 e. The Kier molecular flexibility index (Phi) is 4.33. The van der Waals surface area contributed by atoms with Crippen LogP contribution in [-0.4, -0.2) is 57.6 Å². The van der Waals surface area contributed by atoms with E-state index in [1.165, 1.54) is 0 Å². The van der Waals surface area contributed by atoms with Crippen LogP contribution in [0.1, 0.15) is 36.2 Å². The summed E-state index contributed by atoms with van der Waals surface area (Å²) in [5.74, 6) is -1.19. The highest BCUT2D eigenvalue weighted by Gasteiger charge is 2.55. The van der Waals surface area contributed by atoms with Gasteiger partial charge in [-0.2, -0.15) is 5.10 Å². The number of rotatable bonds is 5. The van der Waals surface area contributed by atoms with Crippen LogP contribution in [0, 0.1) is 11.3 Å². The minimum atomic E-state index is -0.793. The first-order chi connectivity index (χ1) is 13.0. The third-order valence-electron chi connectivity index (χ3n) is 5.96. The molecule has 8 heteroatoms. The Morgan fingerprint density at radius 1 is 1.33 bits per heavy atom. The van der Waals surface area contributed by atoms with E-state index >= 15 is 0 Å². The topological polar surface area (TPSA) is 115 Å². The lowest BCUT2D eigenvalue weighted by Gasteiger charge is -2.23. The van der Waals surface area contributed by atoms with Gasteiger partial charge in [-0.25, -0.2) is 0 Å². The van der Waals surface area contributed by atoms with Gasteiger partial charge in [0, 0.05) is 31.4 Å². The van der Waals surface area contributed by atoms with Crippen molar-refractivity contribution >= 4 is 28.7 Å². The summed E-state index contributed by atoms with van der Waals surface area (Å²) in [4.78, 5) is 38.2. The van der Waals surface area contributed by atoms with Crippen molar-refractivity contribution in [3.8, 4) is 0 Å². The van der Waals surface area contributed by atoms with Crippen molar-refractivity contribution in [3.05, 3.63) is 30.0 Å². The maximum atomic E-state index is 12.5. The normalized spacial score (nSPS) is 24.1. The number of nitrogens with one attached hydrogen (secondary N) is 2. The second-order valence-corrected chi connectivity index (χ2v) is 7.45. The lowest BCUT2D eigenvalue weighted by molar-refractivity contribution is -0.149. The number of aromatic amines is 1. The lowest BCUT2D eigenvalue weighted by atomic mass is 9.81. The van der Waals surface area contributed by atoms with Gasteiger partial charge in [-0.3, -0.25) is 19.5 Å². The van der Waals surface area contributed by atoms with E-state index in [0.717, 1.165) is 23.7 Å². The predicted octanol–water partition coefficient (Wildman–Crippen LogP) is 1.40. The number of H-pyrrole nitrogens is 1. The Labute approximate surface area is 155 Å². The van der Waals surface area contributed by atoms with Crippen LogP contribution in [-0.2, 0) is 9.59 Å². The molecule has 2 aliphatic rings. The monoisotopic (exact) mass is 370 g/mol. The lowest BCUT2D eigenvalue weighted by Crippen LogP contribution is -2.38. The average molecular weight is 370 g/mol. The standard InChI is InChI=1S/C19H22N4O4/c24-15(23-10-12-4-3-8-19(12,11-23)18(26)27)7-9-20-17(25)16-13-5-1-2-6-14(13)21-22-16/h1-2,5-6,12H,3-4,7-11H2,(H,20,25)(H,21,22)(H,26,27)/t12-,19+/m0/s1. The molecule has 27 heavy (non-hydrogen) atoms. The molecule has 1 aromatic heterocycles. The summed E-state index contributed by atoms with van der Waals surface area (Å²) in [5.41, 5.74) is 0.312. The Bertz CT molecular complexity index is 908. The SMILES string of the molecule is O=C(NCCC(=O)N1C[C@@H]2CCC[C@@]2(C(=O)O)C1)c1n[nH]c2ccccc12. The quantitative estimate of drug-likeness (QED) is 0.736. The highest BCUT2D eigenvalue weighted by atomic mass is 16.4. The number of carbonyl (C=O) groups is 3. The van der Waals surface area contributed by atoms with Crippen molar-refractivity contribution in [1.82, 2.24) is 20.4 Å². The van der Waals surface area contributed by atoms with Crippen LogP contribution in [0.15, 0.2) is 24.3 Å². The number of carboxylic acid groups (broad SMARTS) is 1. The fraction of sp³-hybridized carbons (Fsp3) is 0.474. The highest BCUT2D eigenvalue weighted by molar-refractivity contribution is 6.04. The number of carboxylic acids is 1. The van der Waals surface area contributed by atoms with Crippen LogP contribution in [0.3, 0.4) is 0 Å². The molecule has 2 fully saturated rings. The Balaban J connectivity index is 1.33. The third kappa shape index (κ3) is 2.94. The van der Waals surface area contributed by atoms with Crippen molar-refractivity contribution in [2.75, 3.05) is 19.6 Å². The molecule has 0 bridgehead atoms. The van der Waals surface area contributed by atoms with E-state index in [0.29, 0.717) is 18.7 Å². The number of carbonyl (C=O) groups excluding carboxylic acids is 2. The van der Waals surface area contributed by atoms with Gasteiger partial charge in [0.25, 0.3) is 5.91 Å². The molecule has 1 saturated carbocycles. The van der Waals surface area contributed by atoms with Gasteiger partial charge in [0.2, 0.25) is 5.91 Å². The highest BCUT2D eigenvalue weighted by Crippen LogP contribution is 2.48. The first-order valence-corrected chi connectivity index (χ1v) is 9.24. The first kappa shape index (κ1) is 17.5. The molecular formula is C19H22N4O4. The fourth-order valence-electron chi connectivity index (χ4n) is 4.49. The minimum absolute atomic E-state index is 0.0453. The molecule has 2 heterocycles. The van der Waals surface area contributed by atoms with E-state index in [1.54, 1.807) is 4.90 Å². The van der Waals surface area contributed by atoms with Crippen LogP contribution in [0.2, 0.25) is 0 Å². The summed E-state index contributed by atoms with van der Waals surface area (Å²) >= 11 is 0. The minimum Gasteiger partial charge on any atom is -0.481 e. The smallest absolute Gasteiger partial charge is 0.311 e. The number of likely N-dealkylation sites (tertiary alicyclic amines) is 1. The number of nitrogens with zero attached hydrogens (tertiary/aromatic N) is 2. The van der Waals surface area contributed by atoms with Crippen molar-refractivity contribution < 1.29 is 19.5 Å². The van der Waals surface area contributed by atoms with Crippen molar-refractivity contribution in [3.63, 3.8) is 0 Å². The molecule has 1 aliphatic carbocycles. The molecule has 0 radical (unpaired) electrons. The number of hydrogen-bond acceptors (Lipinski definition) is 4. The van der Waals surface area contributed by atoms with Crippen LogP contribution >= 0.6 is 0 Å². The van der Waals surface area contributed by atoms with E-state index in [9.17, 15) is 19.5 Å². The molecule has 3 N–H and O–H groups in total. The molecule has 8 nitrogen and oxygen atoms in total. The summed E-state index contributed by atoms with van der Waals surface area (Å²) in [7, 11) is 0. The van der Waals surface area contributed by atoms with E-state index in [1.807, 2.05) is 24.3 Å². The fourth-order valence-corrected chi connectivity index (χ4v) is 4.49. The molecule has 4 rings (SSSR count). The molecule has 2 amide bonds. The van der Waals surface area contributed by atoms with Crippen LogP contribution in [0.5, 0.6) is 0 Å². The zero-order valence-corrected chi connectivity index (χ0v) is 14.9. The number of fused-ring (bicyclic) bond motifs is 2. The van der Waals surface area contributed by atoms with E-state index < -0.39 is 11.4 Å². The van der Waals surface area contributed by atoms with Crippen LogP contribution in [0.25, 0.3) is 10.9 Å². The van der Waals surface area contributed by atoms with Crippen molar-refractivity contribution in [1.29, 1.82) is 0 Å². The predicted molar refractivity (Wildman–Crippen MR) is 97.0 cm³/mol. The zero-order chi connectivity index (χ0) is 19.0. The molecule has 142 valence electrons. The van der Waals surface area contributed by atoms with E-state index in [4.69, 9.17) is 0 Å². The van der Waals surface area contributed by atoms with Gasteiger partial charge < -0.3 is 15.3 Å². The van der Waals surface area contributed by atoms with Crippen molar-refractivity contribution in [2.24, 2.45) is 11.3 Å². The van der Waals surface area contributed by atoms with Gasteiger partial charge in [0.1, 0.15) is 0 Å². The van der Waals surface area contributed by atoms with Gasteiger partial charge in [-0.1, -0.05) is 24.6 Å². The van der Waals surface area contributed by atoms with Gasteiger partial charge in [-0.05, 0) is 24.8 Å². The molecule has 1 aliphatic heterocycles. The molecule has 1 saturated heterocycles.